The molecule has 0 radical (unpaired) electrons. The highest BCUT2D eigenvalue weighted by atomic mass is 35.5. The molecule has 5 nitrogen and oxygen atoms in total. The number of rotatable bonds is 10. The van der Waals surface area contributed by atoms with Crippen molar-refractivity contribution in [2.24, 2.45) is 7.05 Å². The minimum atomic E-state index is -0.0716. The lowest BCUT2D eigenvalue weighted by molar-refractivity contribution is -0.118. The van der Waals surface area contributed by atoms with Gasteiger partial charge in [0.1, 0.15) is 0 Å². The number of aryl methyl sites for hydroxylation is 1. The minimum Gasteiger partial charge on any atom is -0.355 e. The van der Waals surface area contributed by atoms with Crippen molar-refractivity contribution in [3.05, 3.63) is 56.5 Å². The highest BCUT2D eigenvalue weighted by molar-refractivity contribution is 7.99. The van der Waals surface area contributed by atoms with Crippen molar-refractivity contribution in [2.45, 2.75) is 51.1 Å². The maximum absolute atomic E-state index is 12.9. The maximum atomic E-state index is 12.9. The van der Waals surface area contributed by atoms with Crippen LogP contribution in [-0.2, 0) is 24.7 Å². The molecule has 7 heteroatoms. The molecule has 1 aromatic heterocycles. The van der Waals surface area contributed by atoms with Gasteiger partial charge in [-0.3, -0.25) is 14.2 Å². The van der Waals surface area contributed by atoms with Crippen molar-refractivity contribution in [1.82, 2.24) is 14.9 Å². The molecule has 2 aromatic rings. The Balaban J connectivity index is 2.12. The standard InChI is InChI=1S/C21H28ClN3O2S/c1-4-6-7-11-23-19(26)14-28-21-24-18(5-2)17(20(27)25(21)3)13-15-9-8-10-16(22)12-15/h8-10,12H,4-7,11,13-14H2,1-3H3,(H,23,26). The van der Waals surface area contributed by atoms with E-state index < -0.39 is 0 Å². The topological polar surface area (TPSA) is 64.0 Å². The molecule has 0 atom stereocenters. The molecule has 1 N–H and O–H groups in total. The number of benzene rings is 1. The van der Waals surface area contributed by atoms with Crippen molar-refractivity contribution in [2.75, 3.05) is 12.3 Å². The molecule has 28 heavy (non-hydrogen) atoms. The zero-order valence-corrected chi connectivity index (χ0v) is 18.3. The predicted molar refractivity (Wildman–Crippen MR) is 116 cm³/mol. The largest absolute Gasteiger partial charge is 0.355 e. The summed E-state index contributed by atoms with van der Waals surface area (Å²) < 4.78 is 1.54. The summed E-state index contributed by atoms with van der Waals surface area (Å²) in [6.45, 7) is 4.81. The van der Waals surface area contributed by atoms with Crippen LogP contribution in [0.5, 0.6) is 0 Å². The van der Waals surface area contributed by atoms with Gasteiger partial charge in [0.15, 0.2) is 5.16 Å². The van der Waals surface area contributed by atoms with Crippen LogP contribution in [-0.4, -0.2) is 27.8 Å². The number of halogens is 1. The van der Waals surface area contributed by atoms with Crippen LogP contribution in [0.1, 0.15) is 49.9 Å². The lowest BCUT2D eigenvalue weighted by atomic mass is 10.0. The number of carbonyl (C=O) groups excluding carboxylic acids is 1. The molecule has 1 heterocycles. The van der Waals surface area contributed by atoms with Crippen LogP contribution in [0.3, 0.4) is 0 Å². The van der Waals surface area contributed by atoms with Crippen LogP contribution in [0.15, 0.2) is 34.2 Å². The molecule has 0 aliphatic heterocycles. The maximum Gasteiger partial charge on any atom is 0.257 e. The monoisotopic (exact) mass is 421 g/mol. The average molecular weight is 422 g/mol. The zero-order valence-electron chi connectivity index (χ0n) is 16.8. The Labute approximate surface area is 175 Å². The molecule has 0 fully saturated rings. The Morgan fingerprint density at radius 2 is 2.07 bits per heavy atom. The van der Waals surface area contributed by atoms with Gasteiger partial charge in [-0.15, -0.1) is 0 Å². The van der Waals surface area contributed by atoms with Gasteiger partial charge in [-0.2, -0.15) is 0 Å². The molecule has 0 aliphatic carbocycles. The summed E-state index contributed by atoms with van der Waals surface area (Å²) in [5.41, 5.74) is 2.36. The van der Waals surface area contributed by atoms with Gasteiger partial charge in [0.25, 0.3) is 5.56 Å². The first-order valence-electron chi connectivity index (χ1n) is 9.69. The summed E-state index contributed by atoms with van der Waals surface area (Å²) in [7, 11) is 1.71. The first kappa shape index (κ1) is 22.5. The Morgan fingerprint density at radius 3 is 2.75 bits per heavy atom. The molecule has 0 spiro atoms. The van der Waals surface area contributed by atoms with E-state index in [4.69, 9.17) is 11.6 Å². The van der Waals surface area contributed by atoms with Gasteiger partial charge in [-0.1, -0.05) is 62.2 Å². The number of nitrogens with one attached hydrogen (secondary N) is 1. The normalized spacial score (nSPS) is 10.9. The summed E-state index contributed by atoms with van der Waals surface area (Å²) in [4.78, 5) is 29.6. The van der Waals surface area contributed by atoms with Gasteiger partial charge < -0.3 is 5.32 Å². The molecule has 0 saturated heterocycles. The van der Waals surface area contributed by atoms with E-state index in [2.05, 4.69) is 17.2 Å². The highest BCUT2D eigenvalue weighted by Crippen LogP contribution is 2.19. The second-order valence-corrected chi connectivity index (χ2v) is 8.07. The second kappa shape index (κ2) is 11.3. The molecule has 0 bridgehead atoms. The summed E-state index contributed by atoms with van der Waals surface area (Å²) in [5.74, 6) is 0.222. The summed E-state index contributed by atoms with van der Waals surface area (Å²) >= 11 is 7.36. The van der Waals surface area contributed by atoms with Crippen LogP contribution >= 0.6 is 23.4 Å². The average Bonchev–Trinajstić information content (AvgIpc) is 2.68. The van der Waals surface area contributed by atoms with Crippen molar-refractivity contribution in [1.29, 1.82) is 0 Å². The van der Waals surface area contributed by atoms with E-state index >= 15 is 0 Å². The number of hydrogen-bond acceptors (Lipinski definition) is 4. The van der Waals surface area contributed by atoms with E-state index in [1.165, 1.54) is 16.3 Å². The number of hydrogen-bond donors (Lipinski definition) is 1. The number of nitrogens with zero attached hydrogens (tertiary/aromatic N) is 2. The van der Waals surface area contributed by atoms with E-state index in [9.17, 15) is 9.59 Å². The number of thioether (sulfide) groups is 1. The molecule has 1 amide bonds. The fourth-order valence-electron chi connectivity index (χ4n) is 2.90. The highest BCUT2D eigenvalue weighted by Gasteiger charge is 2.15. The molecule has 152 valence electrons. The van der Waals surface area contributed by atoms with Gasteiger partial charge in [-0.25, -0.2) is 4.98 Å². The number of aromatic nitrogens is 2. The molecular formula is C21H28ClN3O2S. The first-order valence-corrected chi connectivity index (χ1v) is 11.0. The van der Waals surface area contributed by atoms with Crippen LogP contribution in [0.4, 0.5) is 0 Å². The SMILES string of the molecule is CCCCCNC(=O)CSc1nc(CC)c(Cc2cccc(Cl)c2)c(=O)n1C. The summed E-state index contributed by atoms with van der Waals surface area (Å²) in [5, 5.41) is 4.13. The van der Waals surface area contributed by atoms with E-state index in [0.717, 1.165) is 30.5 Å². The zero-order chi connectivity index (χ0) is 20.5. The van der Waals surface area contributed by atoms with Crippen LogP contribution in [0.25, 0.3) is 0 Å². The first-order chi connectivity index (χ1) is 13.5. The van der Waals surface area contributed by atoms with Gasteiger partial charge in [0.05, 0.1) is 11.4 Å². The van der Waals surface area contributed by atoms with Crippen molar-refractivity contribution in [3.8, 4) is 0 Å². The lowest BCUT2D eigenvalue weighted by Gasteiger charge is -2.13. The molecule has 0 saturated carbocycles. The Hall–Kier alpha value is -1.79. The molecule has 0 aliphatic rings. The fraction of sp³-hybridized carbons (Fsp3) is 0.476. The minimum absolute atomic E-state index is 0.0311. The van der Waals surface area contributed by atoms with E-state index in [1.807, 2.05) is 31.2 Å². The van der Waals surface area contributed by atoms with Gasteiger partial charge in [-0.05, 0) is 30.5 Å². The summed E-state index contributed by atoms with van der Waals surface area (Å²) in [6.07, 6.45) is 4.37. The van der Waals surface area contributed by atoms with Gasteiger partial charge >= 0.3 is 0 Å². The van der Waals surface area contributed by atoms with E-state index in [0.29, 0.717) is 35.1 Å². The predicted octanol–water partition coefficient (Wildman–Crippen LogP) is 3.99. The quantitative estimate of drug-likeness (QED) is 0.358. The third-order valence-corrected chi connectivity index (χ3v) is 5.73. The molecule has 1 aromatic carbocycles. The van der Waals surface area contributed by atoms with Gasteiger partial charge in [0.2, 0.25) is 5.91 Å². The Morgan fingerprint density at radius 1 is 1.29 bits per heavy atom. The van der Waals surface area contributed by atoms with E-state index in [1.54, 1.807) is 7.05 Å². The van der Waals surface area contributed by atoms with Crippen LogP contribution in [0.2, 0.25) is 5.02 Å². The van der Waals surface area contributed by atoms with Crippen molar-refractivity contribution in [3.63, 3.8) is 0 Å². The number of amides is 1. The fourth-order valence-corrected chi connectivity index (χ4v) is 3.93. The number of carbonyl (C=O) groups is 1. The lowest BCUT2D eigenvalue weighted by Crippen LogP contribution is -2.29. The Kier molecular flexibility index (Phi) is 9.06. The second-order valence-electron chi connectivity index (χ2n) is 6.69. The molecule has 0 unspecified atom stereocenters. The van der Waals surface area contributed by atoms with Crippen molar-refractivity contribution >= 4 is 29.3 Å². The smallest absolute Gasteiger partial charge is 0.257 e. The van der Waals surface area contributed by atoms with Crippen LogP contribution in [0, 0.1) is 0 Å². The van der Waals surface area contributed by atoms with Crippen LogP contribution < -0.4 is 10.9 Å². The third kappa shape index (κ3) is 6.38. The van der Waals surface area contributed by atoms with Gasteiger partial charge in [0, 0.05) is 30.6 Å². The molecule has 2 rings (SSSR count). The van der Waals surface area contributed by atoms with E-state index in [-0.39, 0.29) is 17.2 Å². The summed E-state index contributed by atoms with van der Waals surface area (Å²) in [6, 6.07) is 7.52. The number of unbranched alkanes of at least 4 members (excludes halogenated alkanes) is 2. The molecular weight excluding hydrogens is 394 g/mol. The Bertz CT molecular complexity index is 867. The van der Waals surface area contributed by atoms with Crippen molar-refractivity contribution < 1.29 is 4.79 Å². The third-order valence-electron chi connectivity index (χ3n) is 4.47.